The molecule has 0 aliphatic carbocycles. The lowest BCUT2D eigenvalue weighted by Crippen LogP contribution is -2.28. The zero-order chi connectivity index (χ0) is 18.7. The standard InChI is InChI=1S/C17H19ClN6OS/c1-10-8-11(2)24(23-10)16-9-15(21-12(3)22-16)19-6-7-20-17(25)13-4-5-14(18)26-13/h4-5,8-9H,6-7H2,1-3H3,(H,20,25)(H,19,21,22). The molecule has 0 bridgehead atoms. The van der Waals surface area contributed by atoms with E-state index in [1.165, 1.54) is 11.3 Å². The molecule has 3 aromatic heterocycles. The lowest BCUT2D eigenvalue weighted by atomic mass is 10.4. The molecule has 1 amide bonds. The van der Waals surface area contributed by atoms with Gasteiger partial charge in [-0.15, -0.1) is 11.3 Å². The number of carbonyl (C=O) groups is 1. The van der Waals surface area contributed by atoms with E-state index >= 15 is 0 Å². The molecule has 0 spiro atoms. The van der Waals surface area contributed by atoms with E-state index < -0.39 is 0 Å². The predicted molar refractivity (Wildman–Crippen MR) is 104 cm³/mol. The van der Waals surface area contributed by atoms with Crippen LogP contribution in [0.25, 0.3) is 5.82 Å². The maximum Gasteiger partial charge on any atom is 0.261 e. The number of hydrogen-bond acceptors (Lipinski definition) is 6. The lowest BCUT2D eigenvalue weighted by Gasteiger charge is -2.10. The van der Waals surface area contributed by atoms with Crippen molar-refractivity contribution in [1.82, 2.24) is 25.1 Å². The molecule has 9 heteroatoms. The minimum absolute atomic E-state index is 0.133. The van der Waals surface area contributed by atoms with Gasteiger partial charge in [-0.25, -0.2) is 14.6 Å². The van der Waals surface area contributed by atoms with Gasteiger partial charge in [0, 0.05) is 24.8 Å². The van der Waals surface area contributed by atoms with Gasteiger partial charge in [-0.3, -0.25) is 4.79 Å². The largest absolute Gasteiger partial charge is 0.368 e. The van der Waals surface area contributed by atoms with Gasteiger partial charge in [0.15, 0.2) is 5.82 Å². The number of nitrogens with zero attached hydrogens (tertiary/aromatic N) is 4. The van der Waals surface area contributed by atoms with E-state index in [0.717, 1.165) is 11.4 Å². The summed E-state index contributed by atoms with van der Waals surface area (Å²) < 4.78 is 2.39. The quantitative estimate of drug-likeness (QED) is 0.631. The summed E-state index contributed by atoms with van der Waals surface area (Å²) in [7, 11) is 0. The van der Waals surface area contributed by atoms with Gasteiger partial charge in [0.25, 0.3) is 5.91 Å². The van der Waals surface area contributed by atoms with E-state index in [-0.39, 0.29) is 5.91 Å². The maximum absolute atomic E-state index is 12.0. The van der Waals surface area contributed by atoms with E-state index in [0.29, 0.717) is 39.8 Å². The Balaban J connectivity index is 1.60. The zero-order valence-electron chi connectivity index (χ0n) is 14.7. The van der Waals surface area contributed by atoms with Gasteiger partial charge < -0.3 is 10.6 Å². The van der Waals surface area contributed by atoms with Crippen LogP contribution in [-0.4, -0.2) is 38.7 Å². The fourth-order valence-electron chi connectivity index (χ4n) is 2.50. The van der Waals surface area contributed by atoms with Crippen LogP contribution in [0.2, 0.25) is 4.34 Å². The number of nitrogens with one attached hydrogen (secondary N) is 2. The first-order valence-electron chi connectivity index (χ1n) is 8.09. The van der Waals surface area contributed by atoms with E-state index in [1.54, 1.807) is 16.8 Å². The maximum atomic E-state index is 12.0. The molecule has 0 aromatic carbocycles. The first-order valence-corrected chi connectivity index (χ1v) is 9.28. The summed E-state index contributed by atoms with van der Waals surface area (Å²) in [5.41, 5.74) is 1.94. The zero-order valence-corrected chi connectivity index (χ0v) is 16.3. The van der Waals surface area contributed by atoms with Crippen LogP contribution in [0.1, 0.15) is 26.9 Å². The van der Waals surface area contributed by atoms with Crippen molar-refractivity contribution < 1.29 is 4.79 Å². The van der Waals surface area contributed by atoms with Crippen molar-refractivity contribution in [3.63, 3.8) is 0 Å². The smallest absolute Gasteiger partial charge is 0.261 e. The third kappa shape index (κ3) is 4.39. The molecule has 0 fully saturated rings. The molecular weight excluding hydrogens is 372 g/mol. The average Bonchev–Trinajstić information content (AvgIpc) is 3.16. The van der Waals surface area contributed by atoms with Gasteiger partial charge in [-0.1, -0.05) is 11.6 Å². The summed E-state index contributed by atoms with van der Waals surface area (Å²) in [4.78, 5) is 21.4. The first-order chi connectivity index (χ1) is 12.4. The molecule has 3 heterocycles. The van der Waals surface area contributed by atoms with E-state index in [4.69, 9.17) is 11.6 Å². The van der Waals surface area contributed by atoms with Crippen molar-refractivity contribution in [3.05, 3.63) is 50.7 Å². The molecule has 0 aliphatic rings. The third-order valence-electron chi connectivity index (χ3n) is 3.56. The number of carbonyl (C=O) groups excluding carboxylic acids is 1. The van der Waals surface area contributed by atoms with E-state index in [2.05, 4.69) is 25.7 Å². The first kappa shape index (κ1) is 18.3. The Labute approximate surface area is 160 Å². The number of hydrogen-bond donors (Lipinski definition) is 2. The molecule has 0 unspecified atom stereocenters. The molecule has 26 heavy (non-hydrogen) atoms. The molecule has 0 saturated carbocycles. The Hall–Kier alpha value is -2.45. The second-order valence-corrected chi connectivity index (χ2v) is 7.50. The minimum atomic E-state index is -0.133. The molecule has 2 N–H and O–H groups in total. The molecular formula is C17H19ClN6OS. The van der Waals surface area contributed by atoms with Gasteiger partial charge in [-0.2, -0.15) is 5.10 Å². The van der Waals surface area contributed by atoms with Crippen molar-refractivity contribution >= 4 is 34.7 Å². The number of rotatable bonds is 6. The second-order valence-electron chi connectivity index (χ2n) is 5.78. The van der Waals surface area contributed by atoms with Gasteiger partial charge >= 0.3 is 0 Å². The number of aryl methyl sites for hydroxylation is 3. The van der Waals surface area contributed by atoms with Crippen LogP contribution in [0.15, 0.2) is 24.3 Å². The monoisotopic (exact) mass is 390 g/mol. The Morgan fingerprint density at radius 3 is 2.65 bits per heavy atom. The summed E-state index contributed by atoms with van der Waals surface area (Å²) in [6.07, 6.45) is 0. The SMILES string of the molecule is Cc1cc(C)n(-c2cc(NCCNC(=O)c3ccc(Cl)s3)nc(C)n2)n1. The van der Waals surface area contributed by atoms with Crippen LogP contribution in [0.4, 0.5) is 5.82 Å². The highest BCUT2D eigenvalue weighted by molar-refractivity contribution is 7.17. The Morgan fingerprint density at radius 2 is 2.00 bits per heavy atom. The van der Waals surface area contributed by atoms with Crippen LogP contribution in [0.5, 0.6) is 0 Å². The topological polar surface area (TPSA) is 84.7 Å². The number of halogens is 1. The van der Waals surface area contributed by atoms with Crippen LogP contribution < -0.4 is 10.6 Å². The third-order valence-corrected chi connectivity index (χ3v) is 4.79. The van der Waals surface area contributed by atoms with Crippen molar-refractivity contribution in [2.24, 2.45) is 0 Å². The van der Waals surface area contributed by atoms with E-state index in [1.807, 2.05) is 32.9 Å². The highest BCUT2D eigenvalue weighted by Crippen LogP contribution is 2.21. The molecule has 0 atom stereocenters. The van der Waals surface area contributed by atoms with Crippen LogP contribution in [-0.2, 0) is 0 Å². The Bertz CT molecular complexity index is 935. The fraction of sp³-hybridized carbons (Fsp3) is 0.294. The van der Waals surface area contributed by atoms with Gasteiger partial charge in [0.05, 0.1) is 14.9 Å². The van der Waals surface area contributed by atoms with E-state index in [9.17, 15) is 4.79 Å². The molecule has 136 valence electrons. The number of amides is 1. The molecule has 7 nitrogen and oxygen atoms in total. The van der Waals surface area contributed by atoms with Crippen molar-refractivity contribution in [2.75, 3.05) is 18.4 Å². The molecule has 0 saturated heterocycles. The molecule has 0 aliphatic heterocycles. The van der Waals surface area contributed by atoms with Crippen LogP contribution >= 0.6 is 22.9 Å². The number of thiophene rings is 1. The summed E-state index contributed by atoms with van der Waals surface area (Å²) in [5.74, 6) is 1.91. The predicted octanol–water partition coefficient (Wildman–Crippen LogP) is 3.14. The minimum Gasteiger partial charge on any atom is -0.368 e. The van der Waals surface area contributed by atoms with Crippen LogP contribution in [0, 0.1) is 20.8 Å². The van der Waals surface area contributed by atoms with Gasteiger partial charge in [0.2, 0.25) is 0 Å². The summed E-state index contributed by atoms with van der Waals surface area (Å²) in [6.45, 7) is 6.77. The van der Waals surface area contributed by atoms with Crippen LogP contribution in [0.3, 0.4) is 0 Å². The van der Waals surface area contributed by atoms with Gasteiger partial charge in [0.1, 0.15) is 11.6 Å². The molecule has 0 radical (unpaired) electrons. The number of aromatic nitrogens is 4. The summed E-state index contributed by atoms with van der Waals surface area (Å²) >= 11 is 7.10. The normalized spacial score (nSPS) is 10.8. The Kier molecular flexibility index (Phi) is 5.53. The van der Waals surface area contributed by atoms with Crippen molar-refractivity contribution in [2.45, 2.75) is 20.8 Å². The summed E-state index contributed by atoms with van der Waals surface area (Å²) in [5, 5.41) is 10.5. The molecule has 3 rings (SSSR count). The number of anilines is 1. The Morgan fingerprint density at radius 1 is 1.19 bits per heavy atom. The highest BCUT2D eigenvalue weighted by atomic mass is 35.5. The second kappa shape index (κ2) is 7.84. The lowest BCUT2D eigenvalue weighted by molar-refractivity contribution is 0.0959. The fourth-order valence-corrected chi connectivity index (χ4v) is 3.46. The molecule has 3 aromatic rings. The highest BCUT2D eigenvalue weighted by Gasteiger charge is 2.09. The van der Waals surface area contributed by atoms with Gasteiger partial charge in [-0.05, 0) is 39.0 Å². The summed E-state index contributed by atoms with van der Waals surface area (Å²) in [6, 6.07) is 7.26. The van der Waals surface area contributed by atoms with Crippen molar-refractivity contribution in [1.29, 1.82) is 0 Å². The van der Waals surface area contributed by atoms with Crippen molar-refractivity contribution in [3.8, 4) is 5.82 Å². The average molecular weight is 391 g/mol.